The number of ether oxygens (including phenoxy) is 1. The fourth-order valence-electron chi connectivity index (χ4n) is 1.58. The van der Waals surface area contributed by atoms with Gasteiger partial charge in [0.2, 0.25) is 0 Å². The van der Waals surface area contributed by atoms with E-state index < -0.39 is 0 Å². The molecule has 11 heavy (non-hydrogen) atoms. The van der Waals surface area contributed by atoms with Crippen molar-refractivity contribution in [2.75, 3.05) is 13.2 Å². The maximum Gasteiger partial charge on any atom is 0.0714 e. The summed E-state index contributed by atoms with van der Waals surface area (Å²) in [5.74, 6) is 0.908. The molecular weight excluding hydrogens is 138 g/mol. The SMILES string of the molecule is C[C@@H]1C[C@@H](OCC2CC2)CN1. The molecule has 0 amide bonds. The van der Waals surface area contributed by atoms with E-state index in [9.17, 15) is 0 Å². The van der Waals surface area contributed by atoms with Crippen molar-refractivity contribution in [2.24, 2.45) is 5.92 Å². The molecule has 0 aromatic rings. The van der Waals surface area contributed by atoms with E-state index in [4.69, 9.17) is 4.74 Å². The van der Waals surface area contributed by atoms with Crippen molar-refractivity contribution in [1.82, 2.24) is 5.32 Å². The molecule has 0 aromatic carbocycles. The van der Waals surface area contributed by atoms with E-state index in [0.29, 0.717) is 12.1 Å². The Morgan fingerprint density at radius 2 is 2.27 bits per heavy atom. The van der Waals surface area contributed by atoms with Gasteiger partial charge in [0.25, 0.3) is 0 Å². The Labute approximate surface area is 68.3 Å². The van der Waals surface area contributed by atoms with Crippen LogP contribution in [0.1, 0.15) is 26.2 Å². The first-order chi connectivity index (χ1) is 5.34. The minimum atomic E-state index is 0.505. The quantitative estimate of drug-likeness (QED) is 0.660. The maximum absolute atomic E-state index is 5.73. The first kappa shape index (κ1) is 7.56. The highest BCUT2D eigenvalue weighted by Crippen LogP contribution is 2.29. The standard InChI is InChI=1S/C9H17NO/c1-7-4-9(5-10-7)11-6-8-2-3-8/h7-10H,2-6H2,1H3/t7-,9-/m1/s1. The Morgan fingerprint density at radius 1 is 1.45 bits per heavy atom. The van der Waals surface area contributed by atoms with E-state index in [2.05, 4.69) is 12.2 Å². The first-order valence-electron chi connectivity index (χ1n) is 4.69. The van der Waals surface area contributed by atoms with Crippen molar-refractivity contribution in [1.29, 1.82) is 0 Å². The molecule has 0 spiro atoms. The molecule has 2 aliphatic rings. The first-order valence-corrected chi connectivity index (χ1v) is 4.69. The van der Waals surface area contributed by atoms with Gasteiger partial charge in [-0.3, -0.25) is 0 Å². The lowest BCUT2D eigenvalue weighted by Crippen LogP contribution is -2.19. The van der Waals surface area contributed by atoms with Crippen LogP contribution in [0.4, 0.5) is 0 Å². The van der Waals surface area contributed by atoms with Gasteiger partial charge in [-0.15, -0.1) is 0 Å². The van der Waals surface area contributed by atoms with Crippen LogP contribution in [0, 0.1) is 5.92 Å². The predicted octanol–water partition coefficient (Wildman–Crippen LogP) is 1.16. The van der Waals surface area contributed by atoms with Gasteiger partial charge in [-0.1, -0.05) is 0 Å². The zero-order valence-corrected chi connectivity index (χ0v) is 7.18. The summed E-state index contributed by atoms with van der Waals surface area (Å²) in [6.07, 6.45) is 4.50. The van der Waals surface area contributed by atoms with Gasteiger partial charge in [-0.25, -0.2) is 0 Å². The van der Waals surface area contributed by atoms with Gasteiger partial charge in [0, 0.05) is 19.2 Å². The third kappa shape index (κ3) is 2.17. The molecule has 1 saturated heterocycles. The van der Waals surface area contributed by atoms with E-state index in [1.165, 1.54) is 19.3 Å². The van der Waals surface area contributed by atoms with Crippen LogP contribution in [0.5, 0.6) is 0 Å². The van der Waals surface area contributed by atoms with Crippen molar-refractivity contribution in [3.05, 3.63) is 0 Å². The second-order valence-corrected chi connectivity index (χ2v) is 3.94. The van der Waals surface area contributed by atoms with E-state index in [1.54, 1.807) is 0 Å². The third-order valence-electron chi connectivity index (χ3n) is 2.57. The van der Waals surface area contributed by atoms with Gasteiger partial charge in [0.1, 0.15) is 0 Å². The Morgan fingerprint density at radius 3 is 2.82 bits per heavy atom. The van der Waals surface area contributed by atoms with Crippen molar-refractivity contribution in [2.45, 2.75) is 38.3 Å². The van der Waals surface area contributed by atoms with Crippen LogP contribution in [0.2, 0.25) is 0 Å². The minimum Gasteiger partial charge on any atom is -0.377 e. The summed E-state index contributed by atoms with van der Waals surface area (Å²) in [5.41, 5.74) is 0. The van der Waals surface area contributed by atoms with Crippen LogP contribution in [-0.2, 0) is 4.74 Å². The van der Waals surface area contributed by atoms with Crippen LogP contribution >= 0.6 is 0 Å². The average Bonchev–Trinajstić information content (AvgIpc) is 2.72. The van der Waals surface area contributed by atoms with Gasteiger partial charge in [-0.05, 0) is 32.1 Å². The highest BCUT2D eigenvalue weighted by atomic mass is 16.5. The minimum absolute atomic E-state index is 0.505. The van der Waals surface area contributed by atoms with Crippen LogP contribution in [0.3, 0.4) is 0 Å². The van der Waals surface area contributed by atoms with Crippen LogP contribution < -0.4 is 5.32 Å². The highest BCUT2D eigenvalue weighted by molar-refractivity contribution is 4.80. The molecule has 0 radical (unpaired) electrons. The Balaban J connectivity index is 1.62. The molecule has 1 aliphatic carbocycles. The topological polar surface area (TPSA) is 21.3 Å². The van der Waals surface area contributed by atoms with Gasteiger partial charge in [0.05, 0.1) is 6.10 Å². The fourth-order valence-corrected chi connectivity index (χ4v) is 1.58. The fraction of sp³-hybridized carbons (Fsp3) is 1.00. The van der Waals surface area contributed by atoms with Crippen molar-refractivity contribution in [3.63, 3.8) is 0 Å². The number of rotatable bonds is 3. The summed E-state index contributed by atoms with van der Waals surface area (Å²) in [5, 5.41) is 3.39. The van der Waals surface area contributed by atoms with Gasteiger partial charge in [-0.2, -0.15) is 0 Å². The van der Waals surface area contributed by atoms with Crippen LogP contribution in [0.15, 0.2) is 0 Å². The van der Waals surface area contributed by atoms with E-state index >= 15 is 0 Å². The summed E-state index contributed by atoms with van der Waals surface area (Å²) in [6.45, 7) is 4.30. The summed E-state index contributed by atoms with van der Waals surface area (Å²) in [6, 6.07) is 0.666. The second-order valence-electron chi connectivity index (χ2n) is 3.94. The number of hydrogen-bond donors (Lipinski definition) is 1. The Bertz CT molecular complexity index is 134. The zero-order chi connectivity index (χ0) is 7.68. The molecule has 0 unspecified atom stereocenters. The van der Waals surface area contributed by atoms with E-state index in [0.717, 1.165) is 19.1 Å². The molecule has 1 N–H and O–H groups in total. The molecule has 1 saturated carbocycles. The molecule has 0 bridgehead atoms. The second kappa shape index (κ2) is 3.11. The molecule has 64 valence electrons. The molecule has 2 rings (SSSR count). The summed E-state index contributed by atoms with van der Waals surface area (Å²) >= 11 is 0. The number of hydrogen-bond acceptors (Lipinski definition) is 2. The Kier molecular flexibility index (Phi) is 2.14. The van der Waals surface area contributed by atoms with E-state index in [1.807, 2.05) is 0 Å². The van der Waals surface area contributed by atoms with Crippen LogP contribution in [-0.4, -0.2) is 25.3 Å². The molecule has 2 heteroatoms. The molecule has 2 fully saturated rings. The number of nitrogens with one attached hydrogen (secondary N) is 1. The summed E-state index contributed by atoms with van der Waals surface area (Å²) in [7, 11) is 0. The third-order valence-corrected chi connectivity index (χ3v) is 2.57. The summed E-state index contributed by atoms with van der Waals surface area (Å²) < 4.78 is 5.73. The van der Waals surface area contributed by atoms with Crippen LogP contribution in [0.25, 0.3) is 0 Å². The average molecular weight is 155 g/mol. The molecule has 1 aliphatic heterocycles. The monoisotopic (exact) mass is 155 g/mol. The van der Waals surface area contributed by atoms with Gasteiger partial charge in [0.15, 0.2) is 0 Å². The molecular formula is C9H17NO. The van der Waals surface area contributed by atoms with Crippen molar-refractivity contribution < 1.29 is 4.74 Å². The maximum atomic E-state index is 5.73. The van der Waals surface area contributed by atoms with E-state index in [-0.39, 0.29) is 0 Å². The molecule has 2 atom stereocenters. The zero-order valence-electron chi connectivity index (χ0n) is 7.18. The normalized spacial score (nSPS) is 37.9. The van der Waals surface area contributed by atoms with Crippen molar-refractivity contribution in [3.8, 4) is 0 Å². The molecule has 0 aromatic heterocycles. The predicted molar refractivity (Wildman–Crippen MR) is 44.5 cm³/mol. The Hall–Kier alpha value is -0.0800. The lowest BCUT2D eigenvalue weighted by Gasteiger charge is -2.09. The largest absolute Gasteiger partial charge is 0.377 e. The lowest BCUT2D eigenvalue weighted by atomic mass is 10.2. The summed E-state index contributed by atoms with van der Waals surface area (Å²) in [4.78, 5) is 0. The highest BCUT2D eigenvalue weighted by Gasteiger charge is 2.26. The van der Waals surface area contributed by atoms with Crippen molar-refractivity contribution >= 4 is 0 Å². The lowest BCUT2D eigenvalue weighted by molar-refractivity contribution is 0.0581. The van der Waals surface area contributed by atoms with Gasteiger partial charge >= 0.3 is 0 Å². The smallest absolute Gasteiger partial charge is 0.0714 e. The molecule has 2 nitrogen and oxygen atoms in total. The van der Waals surface area contributed by atoms with Gasteiger partial charge < -0.3 is 10.1 Å². The molecule has 1 heterocycles.